The van der Waals surface area contributed by atoms with Crippen LogP contribution in [0.1, 0.15) is 12.5 Å². The normalized spacial score (nSPS) is 10.3. The lowest BCUT2D eigenvalue weighted by Crippen LogP contribution is -2.05. The van der Waals surface area contributed by atoms with E-state index >= 15 is 0 Å². The summed E-state index contributed by atoms with van der Waals surface area (Å²) < 4.78 is 13.0. The summed E-state index contributed by atoms with van der Waals surface area (Å²) in [6, 6.07) is 4.61. The fraction of sp³-hybridized carbons (Fsp3) is 0.231. The maximum atomic E-state index is 13.0. The molecule has 0 amide bonds. The Balaban J connectivity index is 2.01. The molecule has 4 nitrogen and oxygen atoms in total. The van der Waals surface area contributed by atoms with Gasteiger partial charge in [0.1, 0.15) is 17.5 Å². The maximum absolute atomic E-state index is 13.0. The molecule has 2 rings (SSSR count). The summed E-state index contributed by atoms with van der Waals surface area (Å²) in [5.74, 6) is 0.947. The molecule has 0 radical (unpaired) electrons. The Morgan fingerprint density at radius 3 is 2.63 bits per heavy atom. The van der Waals surface area contributed by atoms with Gasteiger partial charge in [-0.15, -0.1) is 0 Å². The number of hydrogen-bond donors (Lipinski definition) is 2. The lowest BCUT2D eigenvalue weighted by molar-refractivity contribution is 0.627. The van der Waals surface area contributed by atoms with E-state index in [1.807, 2.05) is 6.92 Å². The van der Waals surface area contributed by atoms with E-state index in [9.17, 15) is 4.39 Å². The van der Waals surface area contributed by atoms with Crippen molar-refractivity contribution < 1.29 is 4.39 Å². The summed E-state index contributed by atoms with van der Waals surface area (Å²) in [7, 11) is 0. The fourth-order valence-corrected chi connectivity index (χ4v) is 1.76. The first-order chi connectivity index (χ1) is 9.19. The maximum Gasteiger partial charge on any atom is 0.147 e. The van der Waals surface area contributed by atoms with E-state index in [4.69, 9.17) is 11.6 Å². The van der Waals surface area contributed by atoms with E-state index in [0.29, 0.717) is 18.2 Å². The van der Waals surface area contributed by atoms with Crippen LogP contribution in [0.2, 0.25) is 5.02 Å². The van der Waals surface area contributed by atoms with E-state index < -0.39 is 5.82 Å². The van der Waals surface area contributed by atoms with Gasteiger partial charge < -0.3 is 10.6 Å². The Bertz CT molecular complexity index is 562. The van der Waals surface area contributed by atoms with Crippen molar-refractivity contribution in [3.8, 4) is 0 Å². The first-order valence-corrected chi connectivity index (χ1v) is 6.30. The number of rotatable bonds is 5. The second kappa shape index (κ2) is 6.33. The molecule has 0 spiro atoms. The molecule has 2 N–H and O–H groups in total. The minimum absolute atomic E-state index is 0.117. The second-order valence-electron chi connectivity index (χ2n) is 3.92. The van der Waals surface area contributed by atoms with E-state index in [1.165, 1.54) is 6.07 Å². The number of nitrogens with one attached hydrogen (secondary N) is 2. The molecule has 0 aliphatic heterocycles. The summed E-state index contributed by atoms with van der Waals surface area (Å²) >= 11 is 5.72. The Hall–Kier alpha value is -1.88. The summed E-state index contributed by atoms with van der Waals surface area (Å²) in [5, 5.41) is 6.31. The molecule has 1 aromatic heterocycles. The molecule has 0 unspecified atom stereocenters. The molecule has 0 bridgehead atoms. The zero-order valence-electron chi connectivity index (χ0n) is 10.5. The molecular weight excluding hydrogens is 267 g/mol. The number of benzene rings is 1. The molecule has 0 aliphatic rings. The number of anilines is 2. The zero-order chi connectivity index (χ0) is 13.7. The van der Waals surface area contributed by atoms with Gasteiger partial charge in [-0.3, -0.25) is 4.98 Å². The van der Waals surface area contributed by atoms with Crippen LogP contribution in [-0.2, 0) is 6.54 Å². The summed E-state index contributed by atoms with van der Waals surface area (Å²) in [5.41, 5.74) is 0.877. The van der Waals surface area contributed by atoms with Crippen LogP contribution < -0.4 is 10.6 Å². The van der Waals surface area contributed by atoms with Gasteiger partial charge in [0.15, 0.2) is 0 Å². The minimum Gasteiger partial charge on any atom is -0.369 e. The van der Waals surface area contributed by atoms with Crippen LogP contribution in [0, 0.1) is 5.82 Å². The Morgan fingerprint density at radius 1 is 1.21 bits per heavy atom. The molecule has 2 aromatic rings. The second-order valence-corrected chi connectivity index (χ2v) is 4.33. The molecule has 0 fully saturated rings. The van der Waals surface area contributed by atoms with Crippen molar-refractivity contribution in [2.45, 2.75) is 13.5 Å². The molecular formula is C13H14ClFN4. The Labute approximate surface area is 116 Å². The molecule has 0 aliphatic carbocycles. The third-order valence-electron chi connectivity index (χ3n) is 2.45. The molecule has 1 aromatic carbocycles. The van der Waals surface area contributed by atoms with Crippen molar-refractivity contribution in [2.75, 3.05) is 17.2 Å². The van der Waals surface area contributed by atoms with Gasteiger partial charge in [-0.2, -0.15) is 0 Å². The Morgan fingerprint density at radius 2 is 1.95 bits per heavy atom. The van der Waals surface area contributed by atoms with Gasteiger partial charge in [-0.25, -0.2) is 9.37 Å². The quantitative estimate of drug-likeness (QED) is 0.882. The van der Waals surface area contributed by atoms with Gasteiger partial charge in [-0.05, 0) is 24.6 Å². The topological polar surface area (TPSA) is 49.8 Å². The van der Waals surface area contributed by atoms with Crippen molar-refractivity contribution in [2.24, 2.45) is 0 Å². The highest BCUT2D eigenvalue weighted by Gasteiger charge is 2.02. The van der Waals surface area contributed by atoms with Crippen molar-refractivity contribution in [3.05, 3.63) is 47.0 Å². The van der Waals surface area contributed by atoms with Crippen LogP contribution in [0.15, 0.2) is 30.6 Å². The largest absolute Gasteiger partial charge is 0.369 e. The zero-order valence-corrected chi connectivity index (χ0v) is 11.2. The summed E-state index contributed by atoms with van der Waals surface area (Å²) in [6.45, 7) is 3.28. The molecule has 0 saturated heterocycles. The van der Waals surface area contributed by atoms with Crippen LogP contribution in [0.25, 0.3) is 0 Å². The van der Waals surface area contributed by atoms with Crippen LogP contribution in [0.3, 0.4) is 0 Å². The van der Waals surface area contributed by atoms with Crippen LogP contribution in [0.5, 0.6) is 0 Å². The molecule has 100 valence electrons. The highest BCUT2D eigenvalue weighted by Crippen LogP contribution is 2.17. The standard InChI is InChI=1S/C13H14ClFN4/c1-2-17-12-7-16-8-13(19-12)18-6-9-3-4-11(15)10(14)5-9/h3-5,7-8H,2,6H2,1H3,(H2,17,18,19). The van der Waals surface area contributed by atoms with Gasteiger partial charge in [0, 0.05) is 13.1 Å². The van der Waals surface area contributed by atoms with Gasteiger partial charge in [0.2, 0.25) is 0 Å². The van der Waals surface area contributed by atoms with Crippen molar-refractivity contribution in [1.29, 1.82) is 0 Å². The van der Waals surface area contributed by atoms with Crippen molar-refractivity contribution in [1.82, 2.24) is 9.97 Å². The smallest absolute Gasteiger partial charge is 0.147 e. The first kappa shape index (κ1) is 13.5. The predicted octanol–water partition coefficient (Wildman–Crippen LogP) is 3.31. The highest BCUT2D eigenvalue weighted by molar-refractivity contribution is 6.30. The van der Waals surface area contributed by atoms with Crippen LogP contribution in [0.4, 0.5) is 16.0 Å². The van der Waals surface area contributed by atoms with E-state index in [2.05, 4.69) is 20.6 Å². The first-order valence-electron chi connectivity index (χ1n) is 5.92. The van der Waals surface area contributed by atoms with E-state index in [1.54, 1.807) is 24.5 Å². The third-order valence-corrected chi connectivity index (χ3v) is 2.74. The van der Waals surface area contributed by atoms with E-state index in [0.717, 1.165) is 12.1 Å². The SMILES string of the molecule is CCNc1cncc(NCc2ccc(F)c(Cl)c2)n1. The van der Waals surface area contributed by atoms with Crippen molar-refractivity contribution >= 4 is 23.2 Å². The predicted molar refractivity (Wildman–Crippen MR) is 74.9 cm³/mol. The minimum atomic E-state index is -0.417. The van der Waals surface area contributed by atoms with Crippen LogP contribution in [-0.4, -0.2) is 16.5 Å². The van der Waals surface area contributed by atoms with Crippen molar-refractivity contribution in [3.63, 3.8) is 0 Å². The van der Waals surface area contributed by atoms with Gasteiger partial charge in [-0.1, -0.05) is 17.7 Å². The molecule has 0 saturated carbocycles. The number of aromatic nitrogens is 2. The highest BCUT2D eigenvalue weighted by atomic mass is 35.5. The molecule has 19 heavy (non-hydrogen) atoms. The monoisotopic (exact) mass is 280 g/mol. The lowest BCUT2D eigenvalue weighted by Gasteiger charge is -2.08. The molecule has 1 heterocycles. The average molecular weight is 281 g/mol. The lowest BCUT2D eigenvalue weighted by atomic mass is 10.2. The van der Waals surface area contributed by atoms with E-state index in [-0.39, 0.29) is 5.02 Å². The van der Waals surface area contributed by atoms with Gasteiger partial charge in [0.25, 0.3) is 0 Å². The fourth-order valence-electron chi connectivity index (χ4n) is 1.56. The third kappa shape index (κ3) is 3.79. The molecule has 6 heteroatoms. The average Bonchev–Trinajstić information content (AvgIpc) is 2.41. The summed E-state index contributed by atoms with van der Waals surface area (Å²) in [4.78, 5) is 8.40. The number of halogens is 2. The number of nitrogens with zero attached hydrogens (tertiary/aromatic N) is 2. The van der Waals surface area contributed by atoms with Gasteiger partial charge >= 0.3 is 0 Å². The van der Waals surface area contributed by atoms with Crippen LogP contribution >= 0.6 is 11.6 Å². The van der Waals surface area contributed by atoms with Gasteiger partial charge in [0.05, 0.1) is 17.4 Å². The summed E-state index contributed by atoms with van der Waals surface area (Å²) in [6.07, 6.45) is 3.29. The Kier molecular flexibility index (Phi) is 4.52. The number of hydrogen-bond acceptors (Lipinski definition) is 4. The molecule has 0 atom stereocenters.